The van der Waals surface area contributed by atoms with Gasteiger partial charge in [-0.1, -0.05) is 13.3 Å². The SMILES string of the molecule is CC(N)C(C)CN1CCCCC1. The second-order valence-corrected chi connectivity index (χ2v) is 4.20. The number of piperidine rings is 1. The van der Waals surface area contributed by atoms with Crippen molar-refractivity contribution in [2.24, 2.45) is 11.7 Å². The fraction of sp³-hybridized carbons (Fsp3) is 1.00. The van der Waals surface area contributed by atoms with E-state index in [0.29, 0.717) is 12.0 Å². The van der Waals surface area contributed by atoms with Gasteiger partial charge in [-0.2, -0.15) is 0 Å². The molecular weight excluding hydrogens is 148 g/mol. The molecule has 0 aromatic carbocycles. The molecule has 0 radical (unpaired) electrons. The minimum atomic E-state index is 0.340. The molecule has 1 aliphatic heterocycles. The number of rotatable bonds is 3. The third-order valence-electron chi connectivity index (χ3n) is 2.89. The average Bonchev–Trinajstić information content (AvgIpc) is 2.06. The van der Waals surface area contributed by atoms with Crippen molar-refractivity contribution in [3.05, 3.63) is 0 Å². The van der Waals surface area contributed by atoms with Gasteiger partial charge >= 0.3 is 0 Å². The predicted octanol–water partition coefficient (Wildman–Crippen LogP) is 1.46. The molecule has 72 valence electrons. The van der Waals surface area contributed by atoms with Crippen molar-refractivity contribution in [2.45, 2.75) is 39.2 Å². The Hall–Kier alpha value is -0.0800. The van der Waals surface area contributed by atoms with Crippen molar-refractivity contribution in [1.29, 1.82) is 0 Å². The third-order valence-corrected chi connectivity index (χ3v) is 2.89. The van der Waals surface area contributed by atoms with Crippen molar-refractivity contribution in [2.75, 3.05) is 19.6 Å². The van der Waals surface area contributed by atoms with E-state index in [1.165, 1.54) is 38.9 Å². The van der Waals surface area contributed by atoms with Gasteiger partial charge in [0.05, 0.1) is 0 Å². The van der Waals surface area contributed by atoms with Gasteiger partial charge in [0.25, 0.3) is 0 Å². The first-order valence-corrected chi connectivity index (χ1v) is 5.18. The summed E-state index contributed by atoms with van der Waals surface area (Å²) in [7, 11) is 0. The predicted molar refractivity (Wildman–Crippen MR) is 53.1 cm³/mol. The van der Waals surface area contributed by atoms with Gasteiger partial charge in [-0.05, 0) is 38.8 Å². The van der Waals surface area contributed by atoms with Crippen LogP contribution in [0.5, 0.6) is 0 Å². The normalized spacial score (nSPS) is 25.2. The highest BCUT2D eigenvalue weighted by Crippen LogP contribution is 2.11. The minimum Gasteiger partial charge on any atom is -0.328 e. The zero-order valence-electron chi connectivity index (χ0n) is 8.42. The molecule has 0 aliphatic carbocycles. The molecule has 2 nitrogen and oxygen atoms in total. The van der Waals surface area contributed by atoms with Crippen molar-refractivity contribution in [3.8, 4) is 0 Å². The van der Waals surface area contributed by atoms with Crippen LogP contribution in [-0.4, -0.2) is 30.6 Å². The second kappa shape index (κ2) is 4.83. The van der Waals surface area contributed by atoms with Gasteiger partial charge in [0, 0.05) is 12.6 Å². The first-order valence-electron chi connectivity index (χ1n) is 5.18. The van der Waals surface area contributed by atoms with Gasteiger partial charge in [-0.3, -0.25) is 0 Å². The lowest BCUT2D eigenvalue weighted by atomic mass is 10.0. The van der Waals surface area contributed by atoms with E-state index in [9.17, 15) is 0 Å². The molecule has 2 atom stereocenters. The Morgan fingerprint density at radius 2 is 1.75 bits per heavy atom. The molecule has 0 bridgehead atoms. The van der Waals surface area contributed by atoms with Crippen LogP contribution in [0, 0.1) is 5.92 Å². The smallest absolute Gasteiger partial charge is 0.00483 e. The van der Waals surface area contributed by atoms with E-state index in [1.54, 1.807) is 0 Å². The second-order valence-electron chi connectivity index (χ2n) is 4.20. The molecule has 2 N–H and O–H groups in total. The lowest BCUT2D eigenvalue weighted by Crippen LogP contribution is -2.38. The molecule has 2 heteroatoms. The number of nitrogens with zero attached hydrogens (tertiary/aromatic N) is 1. The Morgan fingerprint density at radius 3 is 2.25 bits per heavy atom. The molecule has 1 saturated heterocycles. The summed E-state index contributed by atoms with van der Waals surface area (Å²) in [5, 5.41) is 0. The van der Waals surface area contributed by atoms with Gasteiger partial charge < -0.3 is 10.6 Å². The van der Waals surface area contributed by atoms with Crippen LogP contribution in [0.4, 0.5) is 0 Å². The zero-order valence-corrected chi connectivity index (χ0v) is 8.42. The van der Waals surface area contributed by atoms with Crippen LogP contribution < -0.4 is 5.73 Å². The van der Waals surface area contributed by atoms with Gasteiger partial charge in [-0.15, -0.1) is 0 Å². The summed E-state index contributed by atoms with van der Waals surface area (Å²) in [6.07, 6.45) is 4.18. The van der Waals surface area contributed by atoms with Crippen LogP contribution in [0.1, 0.15) is 33.1 Å². The van der Waals surface area contributed by atoms with Gasteiger partial charge in [0.2, 0.25) is 0 Å². The molecule has 1 aliphatic rings. The highest BCUT2D eigenvalue weighted by Gasteiger charge is 2.15. The molecular formula is C10H22N2. The molecule has 0 saturated carbocycles. The van der Waals surface area contributed by atoms with Crippen LogP contribution in [-0.2, 0) is 0 Å². The summed E-state index contributed by atoms with van der Waals surface area (Å²) < 4.78 is 0. The molecule has 2 unspecified atom stereocenters. The van der Waals surface area contributed by atoms with Crippen molar-refractivity contribution in [3.63, 3.8) is 0 Å². The summed E-state index contributed by atoms with van der Waals surface area (Å²) in [4.78, 5) is 2.55. The molecule has 0 spiro atoms. The molecule has 0 aromatic rings. The topological polar surface area (TPSA) is 29.3 Å². The van der Waals surface area contributed by atoms with E-state index in [1.807, 2.05) is 0 Å². The molecule has 12 heavy (non-hydrogen) atoms. The Labute approximate surface area is 76.1 Å². The maximum Gasteiger partial charge on any atom is 0.00483 e. The summed E-state index contributed by atoms with van der Waals surface area (Å²) in [6, 6.07) is 0.340. The molecule has 0 aromatic heterocycles. The van der Waals surface area contributed by atoms with E-state index in [0.717, 1.165) is 0 Å². The highest BCUT2D eigenvalue weighted by molar-refractivity contribution is 4.71. The van der Waals surface area contributed by atoms with E-state index >= 15 is 0 Å². The number of hydrogen-bond donors (Lipinski definition) is 1. The quantitative estimate of drug-likeness (QED) is 0.694. The van der Waals surface area contributed by atoms with Crippen molar-refractivity contribution >= 4 is 0 Å². The van der Waals surface area contributed by atoms with Crippen LogP contribution >= 0.6 is 0 Å². The Morgan fingerprint density at radius 1 is 1.17 bits per heavy atom. The summed E-state index contributed by atoms with van der Waals surface area (Å²) in [6.45, 7) is 8.12. The Kier molecular flexibility index (Phi) is 4.02. The average molecular weight is 170 g/mol. The lowest BCUT2D eigenvalue weighted by molar-refractivity contribution is 0.192. The fourth-order valence-corrected chi connectivity index (χ4v) is 1.72. The van der Waals surface area contributed by atoms with E-state index in [4.69, 9.17) is 5.73 Å². The highest BCUT2D eigenvalue weighted by atomic mass is 15.1. The van der Waals surface area contributed by atoms with Crippen LogP contribution in [0.3, 0.4) is 0 Å². The number of nitrogens with two attached hydrogens (primary N) is 1. The largest absolute Gasteiger partial charge is 0.328 e. The van der Waals surface area contributed by atoms with Gasteiger partial charge in [0.15, 0.2) is 0 Å². The van der Waals surface area contributed by atoms with Crippen molar-refractivity contribution < 1.29 is 0 Å². The van der Waals surface area contributed by atoms with Crippen LogP contribution in [0.15, 0.2) is 0 Å². The Balaban J connectivity index is 2.20. The summed E-state index contributed by atoms with van der Waals surface area (Å²) in [5.74, 6) is 0.642. The molecule has 1 fully saturated rings. The Bertz CT molecular complexity index is 117. The van der Waals surface area contributed by atoms with E-state index < -0.39 is 0 Å². The van der Waals surface area contributed by atoms with Gasteiger partial charge in [0.1, 0.15) is 0 Å². The van der Waals surface area contributed by atoms with Crippen LogP contribution in [0.25, 0.3) is 0 Å². The lowest BCUT2D eigenvalue weighted by Gasteiger charge is -2.30. The first kappa shape index (κ1) is 10.0. The van der Waals surface area contributed by atoms with E-state index in [2.05, 4.69) is 18.7 Å². The third kappa shape index (κ3) is 3.11. The molecule has 0 amide bonds. The minimum absolute atomic E-state index is 0.340. The molecule has 1 heterocycles. The zero-order chi connectivity index (χ0) is 8.97. The maximum absolute atomic E-state index is 5.83. The number of hydrogen-bond acceptors (Lipinski definition) is 2. The van der Waals surface area contributed by atoms with Crippen molar-refractivity contribution in [1.82, 2.24) is 4.90 Å². The maximum atomic E-state index is 5.83. The first-order chi connectivity index (χ1) is 5.70. The van der Waals surface area contributed by atoms with Gasteiger partial charge in [-0.25, -0.2) is 0 Å². The summed E-state index contributed by atoms with van der Waals surface area (Å²) in [5.41, 5.74) is 5.83. The van der Waals surface area contributed by atoms with Crippen LogP contribution in [0.2, 0.25) is 0 Å². The molecule has 1 rings (SSSR count). The summed E-state index contributed by atoms with van der Waals surface area (Å²) >= 11 is 0. The fourth-order valence-electron chi connectivity index (χ4n) is 1.72. The standard InChI is InChI=1S/C10H22N2/c1-9(10(2)11)8-12-6-4-3-5-7-12/h9-10H,3-8,11H2,1-2H3. The number of likely N-dealkylation sites (tertiary alicyclic amines) is 1. The monoisotopic (exact) mass is 170 g/mol. The van der Waals surface area contributed by atoms with E-state index in [-0.39, 0.29) is 0 Å².